The maximum Gasteiger partial charge on any atom is 0.240 e. The number of anilines is 1. The molecular weight excluding hydrogens is 378 g/mol. The Bertz CT molecular complexity index is 1030. The molecule has 0 aliphatic heterocycles. The van der Waals surface area contributed by atoms with Crippen LogP contribution in [0.1, 0.15) is 11.1 Å². The first-order chi connectivity index (χ1) is 13.4. The molecule has 0 saturated heterocycles. The van der Waals surface area contributed by atoms with Gasteiger partial charge >= 0.3 is 0 Å². The van der Waals surface area contributed by atoms with Crippen molar-refractivity contribution in [1.29, 1.82) is 0 Å². The largest absolute Gasteiger partial charge is 0.496 e. The number of ether oxygens (including phenoxy) is 1. The van der Waals surface area contributed by atoms with E-state index in [4.69, 9.17) is 4.74 Å². The van der Waals surface area contributed by atoms with E-state index in [2.05, 4.69) is 20.2 Å². The zero-order chi connectivity index (χ0) is 20.1. The van der Waals surface area contributed by atoms with Crippen molar-refractivity contribution in [3.8, 4) is 11.6 Å². The fraction of sp³-hybridized carbons (Fsp3) is 0.263. The summed E-state index contributed by atoms with van der Waals surface area (Å²) in [6.45, 7) is 4.16. The van der Waals surface area contributed by atoms with Crippen molar-refractivity contribution < 1.29 is 13.2 Å². The van der Waals surface area contributed by atoms with Crippen LogP contribution in [0.25, 0.3) is 5.82 Å². The van der Waals surface area contributed by atoms with Crippen LogP contribution >= 0.6 is 0 Å². The lowest BCUT2D eigenvalue weighted by atomic mass is 10.1. The third kappa shape index (κ3) is 4.49. The van der Waals surface area contributed by atoms with Crippen LogP contribution in [0.3, 0.4) is 0 Å². The number of benzene rings is 1. The Labute approximate surface area is 164 Å². The van der Waals surface area contributed by atoms with Crippen molar-refractivity contribution in [3.63, 3.8) is 0 Å². The first-order valence-electron chi connectivity index (χ1n) is 8.76. The summed E-state index contributed by atoms with van der Waals surface area (Å²) in [6.07, 6.45) is 3.77. The minimum absolute atomic E-state index is 0.216. The van der Waals surface area contributed by atoms with Crippen LogP contribution < -0.4 is 14.8 Å². The summed E-state index contributed by atoms with van der Waals surface area (Å²) in [5, 5.41) is 11.3. The maximum absolute atomic E-state index is 12.6. The van der Waals surface area contributed by atoms with Gasteiger partial charge in [0.1, 0.15) is 11.6 Å². The van der Waals surface area contributed by atoms with E-state index in [1.165, 1.54) is 0 Å². The molecule has 2 aromatic heterocycles. The number of rotatable bonds is 8. The second kappa shape index (κ2) is 8.41. The highest BCUT2D eigenvalue weighted by Crippen LogP contribution is 2.25. The number of aromatic nitrogens is 3. The van der Waals surface area contributed by atoms with Crippen LogP contribution in [0.5, 0.6) is 5.75 Å². The Morgan fingerprint density at radius 2 is 1.79 bits per heavy atom. The Morgan fingerprint density at radius 3 is 2.43 bits per heavy atom. The summed E-state index contributed by atoms with van der Waals surface area (Å²) >= 11 is 0. The third-order valence-electron chi connectivity index (χ3n) is 4.22. The predicted octanol–water partition coefficient (Wildman–Crippen LogP) is 2.28. The Balaban J connectivity index is 1.56. The van der Waals surface area contributed by atoms with Crippen molar-refractivity contribution in [1.82, 2.24) is 19.5 Å². The molecule has 9 heteroatoms. The van der Waals surface area contributed by atoms with E-state index in [1.807, 2.05) is 42.1 Å². The molecule has 0 amide bonds. The van der Waals surface area contributed by atoms with Gasteiger partial charge in [-0.25, -0.2) is 13.1 Å². The number of hydrogen-bond donors (Lipinski definition) is 2. The number of sulfonamides is 1. The van der Waals surface area contributed by atoms with E-state index >= 15 is 0 Å². The second-order valence-electron chi connectivity index (χ2n) is 6.28. The van der Waals surface area contributed by atoms with E-state index < -0.39 is 10.0 Å². The van der Waals surface area contributed by atoms with Gasteiger partial charge in [0.25, 0.3) is 0 Å². The molecule has 0 bridgehead atoms. The number of hydrogen-bond acceptors (Lipinski definition) is 6. The van der Waals surface area contributed by atoms with E-state index in [-0.39, 0.29) is 11.4 Å². The van der Waals surface area contributed by atoms with Gasteiger partial charge in [0.15, 0.2) is 5.82 Å². The van der Waals surface area contributed by atoms with Gasteiger partial charge in [-0.3, -0.25) is 0 Å². The smallest absolute Gasteiger partial charge is 0.240 e. The summed E-state index contributed by atoms with van der Waals surface area (Å²) in [6, 6.07) is 10.8. The fourth-order valence-corrected chi connectivity index (χ4v) is 4.11. The van der Waals surface area contributed by atoms with Crippen molar-refractivity contribution in [3.05, 3.63) is 59.9 Å². The Morgan fingerprint density at radius 1 is 1.04 bits per heavy atom. The predicted molar refractivity (Wildman–Crippen MR) is 108 cm³/mol. The molecule has 8 nitrogen and oxygen atoms in total. The lowest BCUT2D eigenvalue weighted by Crippen LogP contribution is -2.29. The van der Waals surface area contributed by atoms with Crippen LogP contribution in [-0.2, 0) is 10.0 Å². The molecule has 3 rings (SSSR count). The molecule has 148 valence electrons. The standard InChI is InChI=1S/C19H23N5O3S/c1-14-13-17(15(2)12-16(14)27-3)28(25,26)21-9-8-20-18-6-7-19(23-22-18)24-10-4-5-11-24/h4-7,10-13,21H,8-9H2,1-3H3,(H,20,22). The minimum atomic E-state index is -3.61. The van der Waals surface area contributed by atoms with Crippen molar-refractivity contribution in [2.45, 2.75) is 18.7 Å². The van der Waals surface area contributed by atoms with Crippen LogP contribution in [0.2, 0.25) is 0 Å². The molecule has 0 fully saturated rings. The molecule has 0 radical (unpaired) electrons. The summed E-state index contributed by atoms with van der Waals surface area (Å²) in [7, 11) is -2.05. The number of nitrogens with one attached hydrogen (secondary N) is 2. The molecule has 3 aromatic rings. The zero-order valence-electron chi connectivity index (χ0n) is 16.0. The van der Waals surface area contributed by atoms with Gasteiger partial charge in [-0.05, 0) is 61.4 Å². The second-order valence-corrected chi connectivity index (χ2v) is 8.01. The molecular formula is C19H23N5O3S. The van der Waals surface area contributed by atoms with E-state index in [0.717, 1.165) is 5.56 Å². The molecule has 0 spiro atoms. The highest BCUT2D eigenvalue weighted by molar-refractivity contribution is 7.89. The topological polar surface area (TPSA) is 98.1 Å². The summed E-state index contributed by atoms with van der Waals surface area (Å²) in [4.78, 5) is 0.252. The highest BCUT2D eigenvalue weighted by atomic mass is 32.2. The lowest BCUT2D eigenvalue weighted by Gasteiger charge is -2.13. The fourth-order valence-electron chi connectivity index (χ4n) is 2.77. The first kappa shape index (κ1) is 19.8. The SMILES string of the molecule is COc1cc(C)c(S(=O)(=O)NCCNc2ccc(-n3cccc3)nn2)cc1C. The summed E-state index contributed by atoms with van der Waals surface area (Å²) in [5.41, 5.74) is 1.40. The summed E-state index contributed by atoms with van der Waals surface area (Å²) < 4.78 is 34.8. The Kier molecular flexibility index (Phi) is 5.96. The normalized spacial score (nSPS) is 11.4. The molecule has 28 heavy (non-hydrogen) atoms. The van der Waals surface area contributed by atoms with Crippen molar-refractivity contribution in [2.75, 3.05) is 25.5 Å². The van der Waals surface area contributed by atoms with Crippen molar-refractivity contribution >= 4 is 15.8 Å². The lowest BCUT2D eigenvalue weighted by molar-refractivity contribution is 0.411. The van der Waals surface area contributed by atoms with E-state index in [0.29, 0.717) is 29.5 Å². The molecule has 1 aromatic carbocycles. The van der Waals surface area contributed by atoms with Crippen LogP contribution in [0.15, 0.2) is 53.7 Å². The van der Waals surface area contributed by atoms with Crippen LogP contribution in [0.4, 0.5) is 5.82 Å². The minimum Gasteiger partial charge on any atom is -0.496 e. The van der Waals surface area contributed by atoms with Gasteiger partial charge in [-0.2, -0.15) is 0 Å². The molecule has 0 atom stereocenters. The number of aryl methyl sites for hydroxylation is 2. The average Bonchev–Trinajstić information content (AvgIpc) is 3.22. The van der Waals surface area contributed by atoms with Gasteiger partial charge in [-0.15, -0.1) is 10.2 Å². The van der Waals surface area contributed by atoms with Crippen LogP contribution in [0, 0.1) is 13.8 Å². The summed E-state index contributed by atoms with van der Waals surface area (Å²) in [5.74, 6) is 1.95. The van der Waals surface area contributed by atoms with Gasteiger partial charge in [0, 0.05) is 25.5 Å². The number of methoxy groups -OCH3 is 1. The van der Waals surface area contributed by atoms with Gasteiger partial charge in [0.05, 0.1) is 12.0 Å². The van der Waals surface area contributed by atoms with Gasteiger partial charge in [0.2, 0.25) is 10.0 Å². The highest BCUT2D eigenvalue weighted by Gasteiger charge is 2.18. The molecule has 0 saturated carbocycles. The number of nitrogens with zero attached hydrogens (tertiary/aromatic N) is 3. The monoisotopic (exact) mass is 401 g/mol. The van der Waals surface area contributed by atoms with Gasteiger partial charge < -0.3 is 14.6 Å². The molecule has 2 N–H and O–H groups in total. The van der Waals surface area contributed by atoms with Crippen LogP contribution in [-0.4, -0.2) is 43.4 Å². The van der Waals surface area contributed by atoms with E-state index in [1.54, 1.807) is 32.2 Å². The first-order valence-corrected chi connectivity index (χ1v) is 10.2. The Hall–Kier alpha value is -2.91. The molecule has 2 heterocycles. The van der Waals surface area contributed by atoms with Gasteiger partial charge in [-0.1, -0.05) is 0 Å². The maximum atomic E-state index is 12.6. The van der Waals surface area contributed by atoms with E-state index in [9.17, 15) is 8.42 Å². The quantitative estimate of drug-likeness (QED) is 0.562. The molecule has 0 aliphatic carbocycles. The zero-order valence-corrected chi connectivity index (χ0v) is 16.8. The average molecular weight is 401 g/mol. The molecule has 0 aliphatic rings. The molecule has 0 unspecified atom stereocenters. The third-order valence-corrected chi connectivity index (χ3v) is 5.83. The van der Waals surface area contributed by atoms with Crippen molar-refractivity contribution in [2.24, 2.45) is 0 Å².